The normalized spacial score (nSPS) is 13.4. The fraction of sp³-hybridized carbons (Fsp3) is 0.345. The molecule has 2 aromatic carbocycles. The van der Waals surface area contributed by atoms with Gasteiger partial charge in [-0.3, -0.25) is 4.79 Å². The highest BCUT2D eigenvalue weighted by Crippen LogP contribution is 2.32. The third kappa shape index (κ3) is 7.52. The van der Waals surface area contributed by atoms with Crippen molar-refractivity contribution in [2.75, 3.05) is 43.1 Å². The van der Waals surface area contributed by atoms with Crippen LogP contribution in [0.15, 0.2) is 48.5 Å². The summed E-state index contributed by atoms with van der Waals surface area (Å²) in [6.07, 6.45) is -0.641. The van der Waals surface area contributed by atoms with E-state index in [4.69, 9.17) is 9.47 Å². The van der Waals surface area contributed by atoms with Crippen molar-refractivity contribution in [3.8, 4) is 17.2 Å². The van der Waals surface area contributed by atoms with Crippen LogP contribution in [0.25, 0.3) is 11.1 Å². The van der Waals surface area contributed by atoms with Crippen molar-refractivity contribution in [3.05, 3.63) is 65.5 Å². The SMILES string of the molecule is Cc1nc(Nc2cc(C#N)ccc2-c2ccc(C(=O)CNC(=O)OC(C)(C)C)cc2)cc(N2CCOCC2)n1. The standard InChI is InChI=1S/C29H32N6O4/c1-19-32-26(16-27(33-19)35-11-13-38-14-12-35)34-24-15-20(17-30)5-10-23(24)21-6-8-22(9-7-21)25(36)18-31-28(37)39-29(2,3)4/h5-10,15-16H,11-14,18H2,1-4H3,(H,31,37)(H,32,33,34). The average molecular weight is 529 g/mol. The largest absolute Gasteiger partial charge is 0.444 e. The molecule has 3 aromatic rings. The van der Waals surface area contributed by atoms with E-state index in [0.717, 1.165) is 30.0 Å². The van der Waals surface area contributed by atoms with Crippen molar-refractivity contribution in [2.45, 2.75) is 33.3 Å². The Labute approximate surface area is 228 Å². The molecule has 1 saturated heterocycles. The van der Waals surface area contributed by atoms with Crippen LogP contribution >= 0.6 is 0 Å². The number of ether oxygens (including phenoxy) is 2. The average Bonchev–Trinajstić information content (AvgIpc) is 2.91. The second kappa shape index (κ2) is 11.9. The van der Waals surface area contributed by atoms with Gasteiger partial charge in [0.05, 0.1) is 31.4 Å². The maximum atomic E-state index is 12.6. The molecular weight excluding hydrogens is 496 g/mol. The number of Topliss-reactive ketones (excluding diaryl/α,β-unsaturated/α-hetero) is 1. The van der Waals surface area contributed by atoms with Crippen molar-refractivity contribution in [1.82, 2.24) is 15.3 Å². The van der Waals surface area contributed by atoms with Crippen molar-refractivity contribution in [3.63, 3.8) is 0 Å². The summed E-state index contributed by atoms with van der Waals surface area (Å²) >= 11 is 0. The summed E-state index contributed by atoms with van der Waals surface area (Å²) < 4.78 is 10.6. The van der Waals surface area contributed by atoms with Crippen LogP contribution < -0.4 is 15.5 Å². The van der Waals surface area contributed by atoms with Gasteiger partial charge in [-0.05, 0) is 45.4 Å². The number of aryl methyl sites for hydroxylation is 1. The second-order valence-corrected chi connectivity index (χ2v) is 10.1. The lowest BCUT2D eigenvalue weighted by Crippen LogP contribution is -2.36. The van der Waals surface area contributed by atoms with Gasteiger partial charge in [-0.25, -0.2) is 14.8 Å². The number of ketones is 1. The third-order valence-corrected chi connectivity index (χ3v) is 5.88. The molecule has 1 aliphatic rings. The smallest absolute Gasteiger partial charge is 0.408 e. The van der Waals surface area contributed by atoms with Gasteiger partial charge >= 0.3 is 6.09 Å². The van der Waals surface area contributed by atoms with Crippen LogP contribution in [-0.2, 0) is 9.47 Å². The number of rotatable bonds is 7. The number of nitrogens with one attached hydrogen (secondary N) is 2. The van der Waals surface area contributed by atoms with E-state index in [1.807, 2.05) is 31.2 Å². The first-order valence-electron chi connectivity index (χ1n) is 12.7. The molecule has 4 rings (SSSR count). The lowest BCUT2D eigenvalue weighted by molar-refractivity contribution is 0.0520. The number of hydrogen-bond acceptors (Lipinski definition) is 9. The van der Waals surface area contributed by atoms with E-state index < -0.39 is 11.7 Å². The molecule has 1 aromatic heterocycles. The summed E-state index contributed by atoms with van der Waals surface area (Å²) in [7, 11) is 0. The summed E-state index contributed by atoms with van der Waals surface area (Å²) in [6, 6.07) is 16.5. The zero-order valence-corrected chi connectivity index (χ0v) is 22.6. The van der Waals surface area contributed by atoms with Gasteiger partial charge in [-0.15, -0.1) is 0 Å². The van der Waals surface area contributed by atoms with Crippen molar-refractivity contribution < 1.29 is 19.1 Å². The van der Waals surface area contributed by atoms with Crippen LogP contribution in [0.3, 0.4) is 0 Å². The van der Waals surface area contributed by atoms with Gasteiger partial charge < -0.3 is 25.0 Å². The highest BCUT2D eigenvalue weighted by Gasteiger charge is 2.18. The number of nitrogens with zero attached hydrogens (tertiary/aromatic N) is 4. The van der Waals surface area contributed by atoms with Crippen LogP contribution in [0.2, 0.25) is 0 Å². The van der Waals surface area contributed by atoms with Crippen molar-refractivity contribution in [2.24, 2.45) is 0 Å². The Morgan fingerprint density at radius 1 is 1.08 bits per heavy atom. The van der Waals surface area contributed by atoms with Gasteiger partial charge in [-0.2, -0.15) is 5.26 Å². The Morgan fingerprint density at radius 2 is 1.79 bits per heavy atom. The third-order valence-electron chi connectivity index (χ3n) is 5.88. The summed E-state index contributed by atoms with van der Waals surface area (Å²) in [6.45, 7) is 9.75. The first-order valence-corrected chi connectivity index (χ1v) is 12.7. The number of amides is 1. The zero-order chi connectivity index (χ0) is 28.0. The molecule has 0 unspecified atom stereocenters. The second-order valence-electron chi connectivity index (χ2n) is 10.1. The number of benzene rings is 2. The molecule has 10 heteroatoms. The Kier molecular flexibility index (Phi) is 8.42. The molecule has 2 heterocycles. The van der Waals surface area contributed by atoms with E-state index >= 15 is 0 Å². The van der Waals surface area contributed by atoms with E-state index in [9.17, 15) is 14.9 Å². The molecule has 2 N–H and O–H groups in total. The van der Waals surface area contributed by atoms with E-state index in [1.54, 1.807) is 45.0 Å². The number of hydrogen-bond donors (Lipinski definition) is 2. The van der Waals surface area contributed by atoms with E-state index in [1.165, 1.54) is 0 Å². The predicted octanol–water partition coefficient (Wildman–Crippen LogP) is 4.61. The van der Waals surface area contributed by atoms with E-state index in [0.29, 0.717) is 41.7 Å². The topological polar surface area (TPSA) is 129 Å². The number of alkyl carbamates (subject to hydrolysis) is 1. The number of carbonyl (C=O) groups excluding carboxylic acids is 2. The van der Waals surface area contributed by atoms with E-state index in [2.05, 4.69) is 31.6 Å². The number of carbonyl (C=O) groups is 2. The lowest BCUT2D eigenvalue weighted by atomic mass is 9.99. The Bertz CT molecular complexity index is 1390. The number of morpholine rings is 1. The van der Waals surface area contributed by atoms with Gasteiger partial charge in [0.1, 0.15) is 23.1 Å². The predicted molar refractivity (Wildman–Crippen MR) is 148 cm³/mol. The molecule has 202 valence electrons. The molecule has 1 aliphatic heterocycles. The minimum atomic E-state index is -0.643. The molecule has 0 radical (unpaired) electrons. The molecule has 0 aliphatic carbocycles. The summed E-state index contributed by atoms with van der Waals surface area (Å²) in [5.74, 6) is 1.81. The molecule has 1 amide bonds. The van der Waals surface area contributed by atoms with Crippen LogP contribution in [0.5, 0.6) is 0 Å². The van der Waals surface area contributed by atoms with Crippen molar-refractivity contribution in [1.29, 1.82) is 5.26 Å². The Balaban J connectivity index is 1.54. The monoisotopic (exact) mass is 528 g/mol. The van der Waals surface area contributed by atoms with E-state index in [-0.39, 0.29) is 12.3 Å². The minimum Gasteiger partial charge on any atom is -0.444 e. The molecule has 0 atom stereocenters. The van der Waals surface area contributed by atoms with Gasteiger partial charge in [0.15, 0.2) is 5.78 Å². The van der Waals surface area contributed by atoms with Crippen LogP contribution in [0.4, 0.5) is 22.1 Å². The zero-order valence-electron chi connectivity index (χ0n) is 22.6. The molecule has 39 heavy (non-hydrogen) atoms. The van der Waals surface area contributed by atoms with Crippen LogP contribution in [0, 0.1) is 18.3 Å². The van der Waals surface area contributed by atoms with Crippen molar-refractivity contribution >= 4 is 29.2 Å². The first-order chi connectivity index (χ1) is 18.6. The fourth-order valence-electron chi connectivity index (χ4n) is 4.08. The molecule has 0 spiro atoms. The lowest BCUT2D eigenvalue weighted by Gasteiger charge is -2.28. The van der Waals surface area contributed by atoms with Crippen LogP contribution in [0.1, 0.15) is 42.5 Å². The molecule has 10 nitrogen and oxygen atoms in total. The van der Waals surface area contributed by atoms with Gasteiger partial charge in [0.2, 0.25) is 0 Å². The molecule has 1 fully saturated rings. The highest BCUT2D eigenvalue weighted by atomic mass is 16.6. The fourth-order valence-corrected chi connectivity index (χ4v) is 4.08. The quantitative estimate of drug-likeness (QED) is 0.422. The summed E-state index contributed by atoms with van der Waals surface area (Å²) in [5, 5.41) is 15.4. The number of aromatic nitrogens is 2. The number of anilines is 3. The summed E-state index contributed by atoms with van der Waals surface area (Å²) in [5.41, 5.74) is 2.70. The molecule has 0 saturated carbocycles. The van der Waals surface area contributed by atoms with Crippen LogP contribution in [-0.4, -0.2) is 60.3 Å². The Hall–Kier alpha value is -4.49. The summed E-state index contributed by atoms with van der Waals surface area (Å²) in [4.78, 5) is 35.8. The maximum Gasteiger partial charge on any atom is 0.408 e. The highest BCUT2D eigenvalue weighted by molar-refractivity contribution is 5.99. The number of nitriles is 1. The maximum absolute atomic E-state index is 12.6. The Morgan fingerprint density at radius 3 is 2.46 bits per heavy atom. The van der Waals surface area contributed by atoms with Gasteiger partial charge in [0.25, 0.3) is 0 Å². The minimum absolute atomic E-state index is 0.170. The molecular formula is C29H32N6O4. The van der Waals surface area contributed by atoms with Gasteiger partial charge in [0, 0.05) is 36.0 Å². The van der Waals surface area contributed by atoms with Gasteiger partial charge in [-0.1, -0.05) is 30.3 Å². The first kappa shape index (κ1) is 27.5. The molecule has 0 bridgehead atoms.